The van der Waals surface area contributed by atoms with Crippen LogP contribution in [-0.4, -0.2) is 43.4 Å². The van der Waals surface area contributed by atoms with Gasteiger partial charge >= 0.3 is 0 Å². The number of hydrogen-bond acceptors (Lipinski definition) is 3. The van der Waals surface area contributed by atoms with Crippen molar-refractivity contribution >= 4 is 29.1 Å². The summed E-state index contributed by atoms with van der Waals surface area (Å²) < 4.78 is 0. The first-order valence-corrected chi connectivity index (χ1v) is 6.89. The number of halogens is 1. The molecule has 1 saturated carbocycles. The molecule has 0 unspecified atom stereocenters. The molecule has 1 aromatic carbocycles. The van der Waals surface area contributed by atoms with Gasteiger partial charge in [-0.15, -0.1) is 0 Å². The lowest BCUT2D eigenvalue weighted by molar-refractivity contribution is -0.115. The summed E-state index contributed by atoms with van der Waals surface area (Å²) >= 11 is 6.01. The lowest BCUT2D eigenvalue weighted by Crippen LogP contribution is -2.29. The fourth-order valence-electron chi connectivity index (χ4n) is 1.74. The minimum atomic E-state index is -0.192. The van der Waals surface area contributed by atoms with Crippen LogP contribution in [0.2, 0.25) is 5.02 Å². The van der Waals surface area contributed by atoms with Crippen LogP contribution in [-0.2, 0) is 4.79 Å². The third-order valence-electron chi connectivity index (χ3n) is 3.02. The monoisotopic (exact) mass is 295 g/mol. The minimum Gasteiger partial charge on any atom is -0.345 e. The van der Waals surface area contributed by atoms with Gasteiger partial charge in [0, 0.05) is 25.8 Å². The van der Waals surface area contributed by atoms with E-state index in [4.69, 9.17) is 11.6 Å². The smallest absolute Gasteiger partial charge is 0.254 e. The van der Waals surface area contributed by atoms with Crippen molar-refractivity contribution in [3.63, 3.8) is 0 Å². The molecule has 1 aliphatic rings. The lowest BCUT2D eigenvalue weighted by atomic mass is 10.1. The highest BCUT2D eigenvalue weighted by Gasteiger charge is 2.21. The Labute approximate surface area is 123 Å². The van der Waals surface area contributed by atoms with E-state index in [1.54, 1.807) is 32.3 Å². The highest BCUT2D eigenvalue weighted by Crippen LogP contribution is 2.22. The number of amides is 2. The zero-order valence-electron chi connectivity index (χ0n) is 11.6. The van der Waals surface area contributed by atoms with Crippen molar-refractivity contribution in [2.45, 2.75) is 18.9 Å². The molecule has 0 radical (unpaired) electrons. The Morgan fingerprint density at radius 3 is 2.65 bits per heavy atom. The van der Waals surface area contributed by atoms with Crippen LogP contribution in [0.3, 0.4) is 0 Å². The molecule has 20 heavy (non-hydrogen) atoms. The predicted octanol–water partition coefficient (Wildman–Crippen LogP) is 1.73. The molecule has 0 atom stereocenters. The summed E-state index contributed by atoms with van der Waals surface area (Å²) in [6.07, 6.45) is 2.27. The van der Waals surface area contributed by atoms with Gasteiger partial charge in [-0.25, -0.2) is 0 Å². The van der Waals surface area contributed by atoms with E-state index in [0.717, 1.165) is 12.8 Å². The lowest BCUT2D eigenvalue weighted by Gasteiger charge is -2.13. The SMILES string of the molecule is CN(C)C(=O)c1cc(NC(=O)CNC2CC2)ccc1Cl. The second-order valence-electron chi connectivity index (χ2n) is 5.10. The quantitative estimate of drug-likeness (QED) is 0.870. The van der Waals surface area contributed by atoms with Crippen LogP contribution >= 0.6 is 11.6 Å². The Morgan fingerprint density at radius 2 is 2.05 bits per heavy atom. The van der Waals surface area contributed by atoms with E-state index in [2.05, 4.69) is 10.6 Å². The Kier molecular flexibility index (Phi) is 4.62. The fraction of sp³-hybridized carbons (Fsp3) is 0.429. The van der Waals surface area contributed by atoms with Crippen LogP contribution in [0.15, 0.2) is 18.2 Å². The van der Waals surface area contributed by atoms with Gasteiger partial charge < -0.3 is 15.5 Å². The van der Waals surface area contributed by atoms with Gasteiger partial charge in [0.15, 0.2) is 0 Å². The number of rotatable bonds is 5. The number of anilines is 1. The van der Waals surface area contributed by atoms with E-state index in [-0.39, 0.29) is 18.4 Å². The summed E-state index contributed by atoms with van der Waals surface area (Å²) in [7, 11) is 3.31. The Morgan fingerprint density at radius 1 is 1.35 bits per heavy atom. The van der Waals surface area contributed by atoms with Gasteiger partial charge in [0.1, 0.15) is 0 Å². The Bertz CT molecular complexity index is 527. The summed E-state index contributed by atoms with van der Waals surface area (Å²) in [6, 6.07) is 5.38. The molecule has 2 amide bonds. The minimum absolute atomic E-state index is 0.123. The van der Waals surface area contributed by atoms with E-state index in [1.807, 2.05) is 0 Å². The summed E-state index contributed by atoms with van der Waals surface area (Å²) in [6.45, 7) is 0.282. The molecule has 108 valence electrons. The molecule has 1 aromatic rings. The Balaban J connectivity index is 2.02. The highest BCUT2D eigenvalue weighted by atomic mass is 35.5. The van der Waals surface area contributed by atoms with Crippen molar-refractivity contribution in [1.82, 2.24) is 10.2 Å². The van der Waals surface area contributed by atoms with Gasteiger partial charge in [-0.2, -0.15) is 0 Å². The molecule has 1 fully saturated rings. The first kappa shape index (κ1) is 14.8. The van der Waals surface area contributed by atoms with E-state index in [0.29, 0.717) is 22.3 Å². The summed E-state index contributed by atoms with van der Waals surface area (Å²) in [4.78, 5) is 25.1. The molecular weight excluding hydrogens is 278 g/mol. The zero-order valence-corrected chi connectivity index (χ0v) is 12.3. The van der Waals surface area contributed by atoms with Gasteiger partial charge in [-0.1, -0.05) is 11.6 Å². The number of nitrogens with zero attached hydrogens (tertiary/aromatic N) is 1. The first-order valence-electron chi connectivity index (χ1n) is 6.52. The molecule has 0 heterocycles. The summed E-state index contributed by atoms with van der Waals surface area (Å²) in [5.41, 5.74) is 0.951. The third kappa shape index (κ3) is 3.95. The van der Waals surface area contributed by atoms with Crippen molar-refractivity contribution in [2.75, 3.05) is 26.0 Å². The fourth-order valence-corrected chi connectivity index (χ4v) is 1.94. The molecule has 0 aliphatic heterocycles. The van der Waals surface area contributed by atoms with Crippen LogP contribution < -0.4 is 10.6 Å². The molecule has 6 heteroatoms. The molecule has 0 spiro atoms. The van der Waals surface area contributed by atoms with Gasteiger partial charge in [0.25, 0.3) is 5.91 Å². The van der Waals surface area contributed by atoms with Gasteiger partial charge in [-0.05, 0) is 31.0 Å². The second-order valence-corrected chi connectivity index (χ2v) is 5.50. The molecule has 5 nitrogen and oxygen atoms in total. The van der Waals surface area contributed by atoms with Gasteiger partial charge in [0.2, 0.25) is 5.91 Å². The van der Waals surface area contributed by atoms with E-state index < -0.39 is 0 Å². The van der Waals surface area contributed by atoms with Crippen LogP contribution in [0.25, 0.3) is 0 Å². The van der Waals surface area contributed by atoms with Crippen LogP contribution in [0.5, 0.6) is 0 Å². The standard InChI is InChI=1S/C14H18ClN3O2/c1-18(2)14(20)11-7-10(5-6-12(11)15)17-13(19)8-16-9-3-4-9/h5-7,9,16H,3-4,8H2,1-2H3,(H,17,19). The van der Waals surface area contributed by atoms with Crippen molar-refractivity contribution in [2.24, 2.45) is 0 Å². The molecule has 0 aromatic heterocycles. The van der Waals surface area contributed by atoms with Gasteiger partial charge in [0.05, 0.1) is 17.1 Å². The average Bonchev–Trinajstić information content (AvgIpc) is 3.22. The van der Waals surface area contributed by atoms with Crippen molar-refractivity contribution in [3.05, 3.63) is 28.8 Å². The molecule has 2 rings (SSSR count). The number of hydrogen-bond donors (Lipinski definition) is 2. The van der Waals surface area contributed by atoms with Crippen LogP contribution in [0, 0.1) is 0 Å². The van der Waals surface area contributed by atoms with Gasteiger partial charge in [-0.3, -0.25) is 9.59 Å². The summed E-state index contributed by atoms with van der Waals surface area (Å²) in [5.74, 6) is -0.315. The number of nitrogens with one attached hydrogen (secondary N) is 2. The van der Waals surface area contributed by atoms with Crippen LogP contribution in [0.4, 0.5) is 5.69 Å². The predicted molar refractivity (Wildman–Crippen MR) is 79.1 cm³/mol. The van der Waals surface area contributed by atoms with Crippen LogP contribution in [0.1, 0.15) is 23.2 Å². The average molecular weight is 296 g/mol. The second kappa shape index (κ2) is 6.24. The maximum absolute atomic E-state index is 11.9. The number of carbonyl (C=O) groups excluding carboxylic acids is 2. The Hall–Kier alpha value is -1.59. The molecule has 2 N–H and O–H groups in total. The zero-order chi connectivity index (χ0) is 14.7. The van der Waals surface area contributed by atoms with Crippen molar-refractivity contribution < 1.29 is 9.59 Å². The maximum atomic E-state index is 11.9. The maximum Gasteiger partial charge on any atom is 0.254 e. The van der Waals surface area contributed by atoms with Crippen molar-refractivity contribution in [3.8, 4) is 0 Å². The molecule has 1 aliphatic carbocycles. The topological polar surface area (TPSA) is 61.4 Å². The number of benzene rings is 1. The highest BCUT2D eigenvalue weighted by molar-refractivity contribution is 6.34. The normalized spacial score (nSPS) is 13.9. The third-order valence-corrected chi connectivity index (χ3v) is 3.34. The molecular formula is C14H18ClN3O2. The van der Waals surface area contributed by atoms with E-state index in [1.165, 1.54) is 4.90 Å². The summed E-state index contributed by atoms with van der Waals surface area (Å²) in [5, 5.41) is 6.26. The first-order chi connectivity index (χ1) is 9.47. The van der Waals surface area contributed by atoms with E-state index >= 15 is 0 Å². The molecule has 0 saturated heterocycles. The molecule has 0 bridgehead atoms. The van der Waals surface area contributed by atoms with E-state index in [9.17, 15) is 9.59 Å². The number of carbonyl (C=O) groups is 2. The largest absolute Gasteiger partial charge is 0.345 e. The van der Waals surface area contributed by atoms with Crippen molar-refractivity contribution in [1.29, 1.82) is 0 Å².